The summed E-state index contributed by atoms with van der Waals surface area (Å²) < 4.78 is 13.6. The molecular formula is C13H16FN3O. The fourth-order valence-electron chi connectivity index (χ4n) is 1.96. The van der Waals surface area contributed by atoms with Gasteiger partial charge < -0.3 is 16.0 Å². The smallest absolute Gasteiger partial charge is 0.253 e. The number of nitrogens with one attached hydrogen (secondary N) is 2. The topological polar surface area (TPSA) is 70.9 Å². The van der Waals surface area contributed by atoms with E-state index in [9.17, 15) is 9.18 Å². The van der Waals surface area contributed by atoms with Crippen LogP contribution in [0.2, 0.25) is 0 Å². The molecule has 18 heavy (non-hydrogen) atoms. The van der Waals surface area contributed by atoms with Gasteiger partial charge in [0.05, 0.1) is 11.1 Å². The van der Waals surface area contributed by atoms with Gasteiger partial charge in [-0.2, -0.15) is 0 Å². The number of nitrogens with two attached hydrogens (primary N) is 1. The predicted molar refractivity (Wildman–Crippen MR) is 69.0 cm³/mol. The van der Waals surface area contributed by atoms with Crippen molar-refractivity contribution in [2.75, 3.05) is 6.54 Å². The van der Waals surface area contributed by atoms with E-state index in [0.29, 0.717) is 28.7 Å². The monoisotopic (exact) mass is 249 g/mol. The van der Waals surface area contributed by atoms with Gasteiger partial charge in [0.2, 0.25) is 0 Å². The number of amides is 1. The van der Waals surface area contributed by atoms with Crippen LogP contribution in [0.4, 0.5) is 4.39 Å². The molecule has 0 fully saturated rings. The first kappa shape index (κ1) is 12.6. The molecule has 96 valence electrons. The molecule has 1 atom stereocenters. The number of H-pyrrole nitrogens is 1. The zero-order valence-corrected chi connectivity index (χ0v) is 10.4. The number of carbonyl (C=O) groups excluding carboxylic acids is 1. The summed E-state index contributed by atoms with van der Waals surface area (Å²) in [5.74, 6) is -0.594. The Balaban J connectivity index is 2.47. The lowest BCUT2D eigenvalue weighted by Crippen LogP contribution is -2.37. The molecule has 4 nitrogen and oxygen atoms in total. The van der Waals surface area contributed by atoms with Gasteiger partial charge in [-0.05, 0) is 19.9 Å². The SMILES string of the molecule is Cc1[nH]c2c(F)cccc2c1C(=O)NC(C)CN. The second kappa shape index (κ2) is 4.78. The first-order chi connectivity index (χ1) is 8.54. The highest BCUT2D eigenvalue weighted by atomic mass is 19.1. The first-order valence-corrected chi connectivity index (χ1v) is 5.82. The van der Waals surface area contributed by atoms with Crippen LogP contribution in [-0.4, -0.2) is 23.5 Å². The molecule has 1 heterocycles. The van der Waals surface area contributed by atoms with Gasteiger partial charge >= 0.3 is 0 Å². The van der Waals surface area contributed by atoms with Gasteiger partial charge in [-0.3, -0.25) is 4.79 Å². The summed E-state index contributed by atoms with van der Waals surface area (Å²) in [4.78, 5) is 15.0. The molecule has 0 bridgehead atoms. The molecule has 0 radical (unpaired) electrons. The highest BCUT2D eigenvalue weighted by molar-refractivity contribution is 6.08. The molecule has 0 aliphatic heterocycles. The van der Waals surface area contributed by atoms with E-state index in [0.717, 1.165) is 0 Å². The molecule has 5 heteroatoms. The zero-order chi connectivity index (χ0) is 13.3. The number of halogens is 1. The number of rotatable bonds is 3. The number of hydrogen-bond acceptors (Lipinski definition) is 2. The molecule has 1 aromatic carbocycles. The number of hydrogen-bond donors (Lipinski definition) is 3. The minimum absolute atomic E-state index is 0.115. The molecule has 1 amide bonds. The number of benzene rings is 1. The number of para-hydroxylation sites is 1. The van der Waals surface area contributed by atoms with Crippen molar-refractivity contribution in [2.45, 2.75) is 19.9 Å². The number of carbonyl (C=O) groups is 1. The maximum Gasteiger partial charge on any atom is 0.253 e. The summed E-state index contributed by atoms with van der Waals surface area (Å²) in [7, 11) is 0. The first-order valence-electron chi connectivity index (χ1n) is 5.82. The van der Waals surface area contributed by atoms with Crippen LogP contribution in [0, 0.1) is 12.7 Å². The Morgan fingerprint density at radius 3 is 2.94 bits per heavy atom. The summed E-state index contributed by atoms with van der Waals surface area (Å²) in [5.41, 5.74) is 6.95. The highest BCUT2D eigenvalue weighted by Gasteiger charge is 2.18. The van der Waals surface area contributed by atoms with Gasteiger partial charge in [-0.25, -0.2) is 4.39 Å². The van der Waals surface area contributed by atoms with Crippen molar-refractivity contribution in [3.8, 4) is 0 Å². The van der Waals surface area contributed by atoms with E-state index >= 15 is 0 Å². The lowest BCUT2D eigenvalue weighted by Gasteiger charge is -2.11. The Labute approximate surface area is 104 Å². The fraction of sp³-hybridized carbons (Fsp3) is 0.308. The van der Waals surface area contributed by atoms with Crippen LogP contribution in [0.25, 0.3) is 10.9 Å². The third kappa shape index (κ3) is 2.09. The summed E-state index contributed by atoms with van der Waals surface area (Å²) in [6.07, 6.45) is 0. The standard InChI is InChI=1S/C13H16FN3O/c1-7(6-15)16-13(18)11-8(2)17-12-9(11)4-3-5-10(12)14/h3-5,7,17H,6,15H2,1-2H3,(H,16,18). The van der Waals surface area contributed by atoms with Crippen molar-refractivity contribution < 1.29 is 9.18 Å². The largest absolute Gasteiger partial charge is 0.356 e. The lowest BCUT2D eigenvalue weighted by atomic mass is 10.1. The van der Waals surface area contributed by atoms with Crippen molar-refractivity contribution in [3.63, 3.8) is 0 Å². The Morgan fingerprint density at radius 1 is 1.56 bits per heavy atom. The van der Waals surface area contributed by atoms with E-state index < -0.39 is 0 Å². The minimum Gasteiger partial charge on any atom is -0.356 e. The van der Waals surface area contributed by atoms with Crippen LogP contribution >= 0.6 is 0 Å². The predicted octanol–water partition coefficient (Wildman–Crippen LogP) is 1.69. The second-order valence-corrected chi connectivity index (χ2v) is 4.40. The lowest BCUT2D eigenvalue weighted by molar-refractivity contribution is 0.0942. The quantitative estimate of drug-likeness (QED) is 0.774. The normalized spacial score (nSPS) is 12.7. The van der Waals surface area contributed by atoms with Gasteiger partial charge in [0.1, 0.15) is 5.82 Å². The van der Waals surface area contributed by atoms with Crippen LogP contribution < -0.4 is 11.1 Å². The van der Waals surface area contributed by atoms with E-state index in [1.165, 1.54) is 6.07 Å². The van der Waals surface area contributed by atoms with Crippen LogP contribution in [0.3, 0.4) is 0 Å². The number of aryl methyl sites for hydroxylation is 1. The van der Waals surface area contributed by atoms with Gasteiger partial charge in [0.15, 0.2) is 0 Å². The van der Waals surface area contributed by atoms with Gasteiger partial charge in [0.25, 0.3) is 5.91 Å². The van der Waals surface area contributed by atoms with Crippen molar-refractivity contribution in [3.05, 3.63) is 35.3 Å². The summed E-state index contributed by atoms with van der Waals surface area (Å²) in [6, 6.07) is 4.57. The Bertz CT molecular complexity index is 591. The molecule has 1 unspecified atom stereocenters. The Hall–Kier alpha value is -1.88. The Morgan fingerprint density at radius 2 is 2.28 bits per heavy atom. The molecule has 4 N–H and O–H groups in total. The van der Waals surface area contributed by atoms with Crippen LogP contribution in [0.1, 0.15) is 23.0 Å². The molecule has 0 saturated heterocycles. The molecule has 0 aliphatic carbocycles. The van der Waals surface area contributed by atoms with Crippen LogP contribution in [0.15, 0.2) is 18.2 Å². The number of aromatic nitrogens is 1. The number of fused-ring (bicyclic) bond motifs is 1. The highest BCUT2D eigenvalue weighted by Crippen LogP contribution is 2.24. The fourth-order valence-corrected chi connectivity index (χ4v) is 1.96. The van der Waals surface area contributed by atoms with Crippen molar-refractivity contribution in [1.82, 2.24) is 10.3 Å². The molecular weight excluding hydrogens is 233 g/mol. The van der Waals surface area contributed by atoms with Crippen LogP contribution in [-0.2, 0) is 0 Å². The van der Waals surface area contributed by atoms with E-state index in [-0.39, 0.29) is 17.8 Å². The Kier molecular flexibility index (Phi) is 3.34. The van der Waals surface area contributed by atoms with Crippen molar-refractivity contribution in [2.24, 2.45) is 5.73 Å². The number of aromatic amines is 1. The molecule has 1 aromatic heterocycles. The molecule has 0 saturated carbocycles. The maximum absolute atomic E-state index is 13.6. The van der Waals surface area contributed by atoms with E-state index in [2.05, 4.69) is 10.3 Å². The van der Waals surface area contributed by atoms with Gasteiger partial charge in [-0.15, -0.1) is 0 Å². The average molecular weight is 249 g/mol. The average Bonchev–Trinajstić information content (AvgIpc) is 2.67. The van der Waals surface area contributed by atoms with Gasteiger partial charge in [-0.1, -0.05) is 12.1 Å². The van der Waals surface area contributed by atoms with E-state index in [4.69, 9.17) is 5.73 Å². The molecule has 0 aliphatic rings. The third-order valence-corrected chi connectivity index (χ3v) is 2.93. The zero-order valence-electron chi connectivity index (χ0n) is 10.4. The molecule has 0 spiro atoms. The molecule has 2 rings (SSSR count). The molecule has 2 aromatic rings. The van der Waals surface area contributed by atoms with E-state index in [1.807, 2.05) is 6.92 Å². The summed E-state index contributed by atoms with van der Waals surface area (Å²) in [6.45, 7) is 3.94. The third-order valence-electron chi connectivity index (χ3n) is 2.93. The maximum atomic E-state index is 13.6. The van der Waals surface area contributed by atoms with Gasteiger partial charge in [0, 0.05) is 23.7 Å². The summed E-state index contributed by atoms with van der Waals surface area (Å²) in [5, 5.41) is 3.37. The van der Waals surface area contributed by atoms with Crippen LogP contribution in [0.5, 0.6) is 0 Å². The van der Waals surface area contributed by atoms with Crippen molar-refractivity contribution in [1.29, 1.82) is 0 Å². The second-order valence-electron chi connectivity index (χ2n) is 4.40. The van der Waals surface area contributed by atoms with E-state index in [1.54, 1.807) is 19.1 Å². The van der Waals surface area contributed by atoms with Crippen molar-refractivity contribution >= 4 is 16.8 Å². The summed E-state index contributed by atoms with van der Waals surface area (Å²) >= 11 is 0. The minimum atomic E-state index is -0.360.